The molecule has 6 fully saturated rings. The van der Waals surface area contributed by atoms with Crippen molar-refractivity contribution in [3.63, 3.8) is 0 Å². The molecule has 4 bridgehead atoms. The van der Waals surface area contributed by atoms with Crippen LogP contribution in [0.5, 0.6) is 0 Å². The molecule has 330 valence electrons. The van der Waals surface area contributed by atoms with Gasteiger partial charge in [-0.25, -0.2) is 0 Å². The average Bonchev–Trinajstić information content (AvgIpc) is 3.95. The summed E-state index contributed by atoms with van der Waals surface area (Å²) in [4.78, 5) is 94.0. The quantitative estimate of drug-likeness (QED) is 0.225. The Morgan fingerprint density at radius 2 is 1.50 bits per heavy atom. The van der Waals surface area contributed by atoms with Crippen molar-refractivity contribution in [2.24, 2.45) is 28.1 Å². The smallest absolute Gasteiger partial charge is 0.305 e. The van der Waals surface area contributed by atoms with E-state index in [1.54, 1.807) is 20.8 Å². The first-order valence-electron chi connectivity index (χ1n) is 19.8. The first kappa shape index (κ1) is 43.5. The standard InChI is InChI=1S/C41H52O19/c1-11-36-15-27-35(9,29(54-20(3)43)25-12-13-52-16-25)30(55-21(4)44)31(56-22(5)45)41(50)37(18-53-19(2)42)26(14-28(48)51-10)34(8)17-38(37,49)40(58-24(7)47,32(34)57-23(6)46)33(59-36)39(27,41)60-36/h12-13,16,26-27,29-33,49-50H,11,14-15,17-18H2,1-10H3/t26-,27+,29-,30-,31+,32-,33-,34+,35+,36?,37+,38+,39+,40-,41-/m0/s1. The zero-order valence-electron chi connectivity index (χ0n) is 35.1. The fourth-order valence-corrected chi connectivity index (χ4v) is 13.3. The Kier molecular flexibility index (Phi) is 9.94. The maximum absolute atomic E-state index is 14.8. The maximum Gasteiger partial charge on any atom is 0.305 e. The summed E-state index contributed by atoms with van der Waals surface area (Å²) in [6.07, 6.45) is -7.66. The van der Waals surface area contributed by atoms with Crippen molar-refractivity contribution in [1.29, 1.82) is 0 Å². The van der Waals surface area contributed by atoms with Crippen LogP contribution in [0.4, 0.5) is 0 Å². The molecule has 2 saturated heterocycles. The van der Waals surface area contributed by atoms with E-state index in [2.05, 4.69) is 0 Å². The molecule has 7 rings (SSSR count). The fraction of sp³-hybridized carbons (Fsp3) is 0.732. The summed E-state index contributed by atoms with van der Waals surface area (Å²) in [5.41, 5.74) is -16.6. The van der Waals surface area contributed by atoms with Crippen molar-refractivity contribution in [1.82, 2.24) is 0 Å². The summed E-state index contributed by atoms with van der Waals surface area (Å²) in [6, 6.07) is 1.50. The molecule has 0 aromatic carbocycles. The highest BCUT2D eigenvalue weighted by atomic mass is 16.8. The molecule has 1 aromatic rings. The Balaban J connectivity index is 1.72. The molecule has 2 aliphatic heterocycles. The third-order valence-corrected chi connectivity index (χ3v) is 14.7. The maximum atomic E-state index is 14.8. The lowest BCUT2D eigenvalue weighted by Gasteiger charge is -2.77. The van der Waals surface area contributed by atoms with Crippen molar-refractivity contribution in [2.45, 2.75) is 147 Å². The molecule has 19 nitrogen and oxygen atoms in total. The van der Waals surface area contributed by atoms with Gasteiger partial charge in [0.25, 0.3) is 0 Å². The van der Waals surface area contributed by atoms with Crippen molar-refractivity contribution in [3.8, 4) is 0 Å². The van der Waals surface area contributed by atoms with E-state index in [9.17, 15) is 43.8 Å². The van der Waals surface area contributed by atoms with Gasteiger partial charge < -0.3 is 57.3 Å². The lowest BCUT2D eigenvalue weighted by atomic mass is 9.32. The molecule has 60 heavy (non-hydrogen) atoms. The van der Waals surface area contributed by atoms with E-state index in [0.717, 1.165) is 48.7 Å². The molecule has 1 aromatic heterocycles. The number of methoxy groups -OCH3 is 1. The SMILES string of the molecule is CCC12C[C@@H]3[C@](C)([C@@H](OC(C)=O)c4ccoc4)[C@@H](OC(C)=O)[C@@H](OC(C)=O)[C@@]4(O)[C@]3(O1)[C@H](O2)[C@@]1(OC(C)=O)[C@@H](OC(C)=O)[C@]2(C)C[C@@]1(O)[C@@]4(COC(C)=O)[C@H]2CC(=O)OC. The second-order valence-corrected chi connectivity index (χ2v) is 17.7. The summed E-state index contributed by atoms with van der Waals surface area (Å²) >= 11 is 0. The summed E-state index contributed by atoms with van der Waals surface area (Å²) < 4.78 is 61.6. The molecule has 0 amide bonds. The Bertz CT molecular complexity index is 2020. The zero-order chi connectivity index (χ0) is 44.4. The molecule has 1 unspecified atom stereocenters. The monoisotopic (exact) mass is 848 g/mol. The molecular weight excluding hydrogens is 796 g/mol. The van der Waals surface area contributed by atoms with Crippen molar-refractivity contribution in [3.05, 3.63) is 24.2 Å². The van der Waals surface area contributed by atoms with Gasteiger partial charge in [-0.3, -0.25) is 33.6 Å². The topological polar surface area (TPSA) is 256 Å². The van der Waals surface area contributed by atoms with Crippen LogP contribution >= 0.6 is 0 Å². The highest BCUT2D eigenvalue weighted by molar-refractivity contribution is 5.74. The van der Waals surface area contributed by atoms with Crippen LogP contribution < -0.4 is 0 Å². The second-order valence-electron chi connectivity index (χ2n) is 17.7. The number of hydrogen-bond acceptors (Lipinski definition) is 19. The van der Waals surface area contributed by atoms with Crippen LogP contribution in [-0.4, -0.2) is 118 Å². The first-order valence-corrected chi connectivity index (χ1v) is 19.8. The van der Waals surface area contributed by atoms with E-state index in [4.69, 9.17) is 47.0 Å². The molecule has 1 spiro atoms. The minimum atomic E-state index is -2.99. The van der Waals surface area contributed by atoms with E-state index in [0.29, 0.717) is 0 Å². The van der Waals surface area contributed by atoms with Gasteiger partial charge in [-0.15, -0.1) is 0 Å². The number of ether oxygens (including phenoxy) is 9. The largest absolute Gasteiger partial charge is 0.472 e. The number of esters is 7. The van der Waals surface area contributed by atoms with Gasteiger partial charge in [0.15, 0.2) is 24.1 Å². The molecule has 4 aliphatic carbocycles. The van der Waals surface area contributed by atoms with Crippen molar-refractivity contribution in [2.75, 3.05) is 13.7 Å². The van der Waals surface area contributed by atoms with E-state index >= 15 is 0 Å². The Morgan fingerprint density at radius 3 is 2.02 bits per heavy atom. The molecule has 19 heteroatoms. The van der Waals surface area contributed by atoms with Gasteiger partial charge in [-0.2, -0.15) is 0 Å². The van der Waals surface area contributed by atoms with Gasteiger partial charge in [0, 0.05) is 71.3 Å². The molecule has 3 heterocycles. The summed E-state index contributed by atoms with van der Waals surface area (Å²) in [6.45, 7) is 10.3. The Morgan fingerprint density at radius 1 is 0.867 bits per heavy atom. The van der Waals surface area contributed by atoms with Crippen LogP contribution in [0.3, 0.4) is 0 Å². The molecule has 15 atom stereocenters. The van der Waals surface area contributed by atoms with Gasteiger partial charge in [-0.05, 0) is 24.8 Å². The number of rotatable bonds is 12. The minimum absolute atomic E-state index is 0.0148. The van der Waals surface area contributed by atoms with Crippen LogP contribution in [0.1, 0.15) is 99.7 Å². The summed E-state index contributed by atoms with van der Waals surface area (Å²) in [5, 5.41) is 28.8. The molecule has 4 saturated carbocycles. The van der Waals surface area contributed by atoms with Crippen LogP contribution in [-0.2, 0) is 76.2 Å². The third-order valence-electron chi connectivity index (χ3n) is 14.7. The zero-order valence-corrected chi connectivity index (χ0v) is 35.1. The van der Waals surface area contributed by atoms with E-state index in [1.165, 1.54) is 18.6 Å². The average molecular weight is 849 g/mol. The van der Waals surface area contributed by atoms with Crippen LogP contribution in [0.15, 0.2) is 23.0 Å². The van der Waals surface area contributed by atoms with E-state index in [1.807, 2.05) is 0 Å². The van der Waals surface area contributed by atoms with Gasteiger partial charge in [0.2, 0.25) is 5.60 Å². The lowest BCUT2D eigenvalue weighted by molar-refractivity contribution is -0.447. The fourth-order valence-electron chi connectivity index (χ4n) is 13.3. The number of hydrogen-bond donors (Lipinski definition) is 2. The first-order chi connectivity index (χ1) is 27.9. The molecule has 6 aliphatic rings. The summed E-state index contributed by atoms with van der Waals surface area (Å²) in [5.74, 6) is -11.0. The predicted molar refractivity (Wildman–Crippen MR) is 194 cm³/mol. The van der Waals surface area contributed by atoms with Gasteiger partial charge in [0.05, 0.1) is 30.5 Å². The number of aliphatic hydroxyl groups is 2. The highest BCUT2D eigenvalue weighted by Gasteiger charge is 3.05. The van der Waals surface area contributed by atoms with E-state index in [-0.39, 0.29) is 18.4 Å². The van der Waals surface area contributed by atoms with Gasteiger partial charge in [-0.1, -0.05) is 20.8 Å². The van der Waals surface area contributed by atoms with Crippen LogP contribution in [0.25, 0.3) is 0 Å². The number of carbonyl (C=O) groups is 7. The van der Waals surface area contributed by atoms with Gasteiger partial charge >= 0.3 is 41.8 Å². The van der Waals surface area contributed by atoms with Crippen LogP contribution in [0, 0.1) is 28.1 Å². The Hall–Kier alpha value is -4.59. The molecule has 0 radical (unpaired) electrons. The predicted octanol–water partition coefficient (Wildman–Crippen LogP) is 1.91. The second kappa shape index (κ2) is 13.7. The van der Waals surface area contributed by atoms with E-state index < -0.39 is 148 Å². The molecule has 2 N–H and O–H groups in total. The molecular formula is C41H52O19. The number of carbonyl (C=O) groups excluding carboxylic acids is 7. The lowest BCUT2D eigenvalue weighted by Crippen LogP contribution is -2.97. The minimum Gasteiger partial charge on any atom is -0.472 e. The Labute approximate surface area is 344 Å². The van der Waals surface area contributed by atoms with Crippen molar-refractivity contribution >= 4 is 41.8 Å². The van der Waals surface area contributed by atoms with Gasteiger partial charge in [0.1, 0.15) is 35.6 Å². The number of fused-ring (bicyclic) bond motifs is 4. The number of furan rings is 1. The van der Waals surface area contributed by atoms with Crippen LogP contribution in [0.2, 0.25) is 0 Å². The highest BCUT2D eigenvalue weighted by Crippen LogP contribution is 2.87. The normalized spacial score (nSPS) is 44.2. The summed E-state index contributed by atoms with van der Waals surface area (Å²) in [7, 11) is 1.11. The third kappa shape index (κ3) is 5.05. The van der Waals surface area contributed by atoms with Crippen molar-refractivity contribution < 1.29 is 90.8 Å².